The number of nitrogens with zero attached hydrogens (tertiary/aromatic N) is 2. The van der Waals surface area contributed by atoms with Crippen molar-refractivity contribution in [3.05, 3.63) is 71.9 Å². The van der Waals surface area contributed by atoms with Crippen molar-refractivity contribution in [1.29, 1.82) is 0 Å². The van der Waals surface area contributed by atoms with Crippen molar-refractivity contribution in [3.63, 3.8) is 0 Å². The van der Waals surface area contributed by atoms with E-state index in [1.807, 2.05) is 30.3 Å². The van der Waals surface area contributed by atoms with Crippen molar-refractivity contribution >= 4 is 29.9 Å². The maximum Gasteiger partial charge on any atom is 0.421 e. The zero-order valence-corrected chi connectivity index (χ0v) is 17.5. The predicted octanol–water partition coefficient (Wildman–Crippen LogP) is 5.14. The molecule has 0 spiro atoms. The number of hydrogen-bond acceptors (Lipinski definition) is 5. The fourth-order valence-corrected chi connectivity index (χ4v) is 3.65. The Labute approximate surface area is 173 Å². The average molecular weight is 434 g/mol. The van der Waals surface area contributed by atoms with Gasteiger partial charge in [-0.05, 0) is 49.6 Å². The van der Waals surface area contributed by atoms with Crippen LogP contribution in [0.25, 0.3) is 0 Å². The van der Waals surface area contributed by atoms with Gasteiger partial charge in [-0.25, -0.2) is 4.98 Å². The van der Waals surface area contributed by atoms with Gasteiger partial charge in [0.2, 0.25) is 5.95 Å². The first-order valence-electron chi connectivity index (χ1n) is 9.27. The van der Waals surface area contributed by atoms with Gasteiger partial charge in [0, 0.05) is 23.7 Å². The van der Waals surface area contributed by atoms with Crippen molar-refractivity contribution in [3.8, 4) is 0 Å². The molecule has 2 aromatic carbocycles. The van der Waals surface area contributed by atoms with Gasteiger partial charge in [-0.1, -0.05) is 30.3 Å². The highest BCUT2D eigenvalue weighted by Crippen LogP contribution is 2.35. The van der Waals surface area contributed by atoms with Crippen LogP contribution in [0, 0.1) is 0 Å². The quantitative estimate of drug-likeness (QED) is 0.504. The fourth-order valence-electron chi connectivity index (χ4n) is 2.79. The zero-order chi connectivity index (χ0) is 21.8. The second-order valence-corrected chi connectivity index (χ2v) is 10.4. The van der Waals surface area contributed by atoms with Gasteiger partial charge in [0.1, 0.15) is 18.5 Å². The van der Waals surface area contributed by atoms with Gasteiger partial charge in [-0.15, -0.1) is 0 Å². The highest BCUT2D eigenvalue weighted by molar-refractivity contribution is 7.70. The molecule has 1 aromatic heterocycles. The summed E-state index contributed by atoms with van der Waals surface area (Å²) in [5.74, 6) is -0.242. The third-order valence-corrected chi connectivity index (χ3v) is 5.93. The zero-order valence-electron chi connectivity index (χ0n) is 16.6. The number of anilines is 3. The molecule has 0 aliphatic heterocycles. The third-order valence-electron chi connectivity index (χ3n) is 4.39. The number of aromatic nitrogens is 2. The van der Waals surface area contributed by atoms with E-state index in [1.165, 1.54) is 0 Å². The maximum atomic E-state index is 13.3. The van der Waals surface area contributed by atoms with Gasteiger partial charge in [-0.2, -0.15) is 18.2 Å². The lowest BCUT2D eigenvalue weighted by Gasteiger charge is -2.15. The van der Waals surface area contributed by atoms with Gasteiger partial charge in [-0.3, -0.25) is 0 Å². The largest absolute Gasteiger partial charge is 0.421 e. The summed E-state index contributed by atoms with van der Waals surface area (Å²) in [5, 5.41) is 6.38. The Morgan fingerprint density at radius 2 is 1.67 bits per heavy atom. The van der Waals surface area contributed by atoms with Crippen LogP contribution in [-0.2, 0) is 17.2 Å². The summed E-state index contributed by atoms with van der Waals surface area (Å²) in [5.41, 5.74) is 0.673. The normalized spacial score (nSPS) is 11.9. The van der Waals surface area contributed by atoms with Gasteiger partial charge in [0.15, 0.2) is 0 Å². The van der Waals surface area contributed by atoms with Gasteiger partial charge < -0.3 is 15.2 Å². The minimum absolute atomic E-state index is 0.0362. The maximum absolute atomic E-state index is 13.3. The first kappa shape index (κ1) is 21.8. The lowest BCUT2D eigenvalue weighted by atomic mass is 10.1. The molecule has 0 aliphatic carbocycles. The van der Waals surface area contributed by atoms with E-state index in [0.717, 1.165) is 11.8 Å². The van der Waals surface area contributed by atoms with Crippen LogP contribution in [0.3, 0.4) is 0 Å². The molecule has 9 heteroatoms. The van der Waals surface area contributed by atoms with Crippen molar-refractivity contribution in [2.24, 2.45) is 0 Å². The molecule has 0 bridgehead atoms. The minimum atomic E-state index is -4.57. The van der Waals surface area contributed by atoms with Crippen LogP contribution in [0.1, 0.15) is 11.1 Å². The number of alkyl halides is 3. The van der Waals surface area contributed by atoms with E-state index in [1.54, 1.807) is 37.6 Å². The van der Waals surface area contributed by atoms with E-state index in [9.17, 15) is 17.7 Å². The first-order valence-corrected chi connectivity index (χ1v) is 11.9. The van der Waals surface area contributed by atoms with Gasteiger partial charge >= 0.3 is 6.18 Å². The van der Waals surface area contributed by atoms with Crippen LogP contribution in [0.15, 0.2) is 60.8 Å². The Morgan fingerprint density at radius 1 is 1.00 bits per heavy atom. The molecule has 0 unspecified atom stereocenters. The molecule has 0 atom stereocenters. The molecule has 1 heterocycles. The van der Waals surface area contributed by atoms with E-state index in [-0.39, 0.29) is 11.8 Å². The molecule has 5 nitrogen and oxygen atoms in total. The van der Waals surface area contributed by atoms with Crippen LogP contribution >= 0.6 is 7.14 Å². The number of rotatable bonds is 7. The molecule has 0 aliphatic rings. The predicted molar refractivity (Wildman–Crippen MR) is 114 cm³/mol. The summed E-state index contributed by atoms with van der Waals surface area (Å²) >= 11 is 0. The summed E-state index contributed by atoms with van der Waals surface area (Å²) in [6, 6.07) is 16.3. The SMILES string of the molecule is CP(C)(=O)c1ccc(Nc2ncc(C(F)(F)F)c(NCCc3ccccc3)n2)cc1. The van der Waals surface area contributed by atoms with E-state index >= 15 is 0 Å². The number of nitrogens with one attached hydrogen (secondary N) is 2. The second kappa shape index (κ2) is 8.88. The van der Waals surface area contributed by atoms with Crippen LogP contribution < -0.4 is 15.9 Å². The van der Waals surface area contributed by atoms with Crippen LogP contribution in [-0.4, -0.2) is 29.8 Å². The highest BCUT2D eigenvalue weighted by Gasteiger charge is 2.35. The minimum Gasteiger partial charge on any atom is -0.369 e. The molecule has 30 heavy (non-hydrogen) atoms. The average Bonchev–Trinajstić information content (AvgIpc) is 2.68. The topological polar surface area (TPSA) is 66.9 Å². The molecule has 0 saturated heterocycles. The lowest BCUT2D eigenvalue weighted by Crippen LogP contribution is -2.16. The Balaban J connectivity index is 1.77. The van der Waals surface area contributed by atoms with Crippen molar-refractivity contribution in [2.45, 2.75) is 12.6 Å². The molecule has 0 fully saturated rings. The van der Waals surface area contributed by atoms with Gasteiger partial charge in [0.25, 0.3) is 0 Å². The number of halogens is 3. The lowest BCUT2D eigenvalue weighted by molar-refractivity contribution is -0.137. The van der Waals surface area contributed by atoms with E-state index in [4.69, 9.17) is 0 Å². The summed E-state index contributed by atoms with van der Waals surface area (Å²) in [6.07, 6.45) is -3.25. The molecule has 3 aromatic rings. The Morgan fingerprint density at radius 3 is 2.27 bits per heavy atom. The second-order valence-electron chi connectivity index (χ2n) is 7.14. The summed E-state index contributed by atoms with van der Waals surface area (Å²) in [4.78, 5) is 7.83. The van der Waals surface area contributed by atoms with Gasteiger partial charge in [0.05, 0.1) is 0 Å². The Hall–Kier alpha value is -2.86. The van der Waals surface area contributed by atoms with Crippen molar-refractivity contribution in [2.75, 3.05) is 30.5 Å². The molecular formula is C21H22F3N4OP. The molecule has 0 radical (unpaired) electrons. The van der Waals surface area contributed by atoms with Crippen LogP contribution in [0.2, 0.25) is 0 Å². The van der Waals surface area contributed by atoms with Crippen LogP contribution in [0.5, 0.6) is 0 Å². The summed E-state index contributed by atoms with van der Waals surface area (Å²) in [6.45, 7) is 3.63. The molecule has 158 valence electrons. The van der Waals surface area contributed by atoms with Crippen molar-refractivity contribution in [1.82, 2.24) is 9.97 Å². The van der Waals surface area contributed by atoms with E-state index in [2.05, 4.69) is 20.6 Å². The summed E-state index contributed by atoms with van der Waals surface area (Å²) < 4.78 is 52.1. The molecule has 0 amide bonds. The molecule has 2 N–H and O–H groups in total. The monoisotopic (exact) mass is 434 g/mol. The van der Waals surface area contributed by atoms with E-state index in [0.29, 0.717) is 24.0 Å². The molecule has 3 rings (SSSR count). The Bertz CT molecular complexity index is 1030. The Kier molecular flexibility index (Phi) is 6.46. The third kappa shape index (κ3) is 5.83. The fraction of sp³-hybridized carbons (Fsp3) is 0.238. The summed E-state index contributed by atoms with van der Waals surface area (Å²) in [7, 11) is -2.39. The standard InChI is InChI=1S/C21H22F3N4OP/c1-30(2,29)17-10-8-16(9-11-17)27-20-26-14-18(21(22,23)24)19(28-20)25-13-12-15-6-4-3-5-7-15/h3-11,14H,12-13H2,1-2H3,(H2,25,26,27,28). The first-order chi connectivity index (χ1) is 14.1. The smallest absolute Gasteiger partial charge is 0.369 e. The van der Waals surface area contributed by atoms with Crippen molar-refractivity contribution < 1.29 is 17.7 Å². The molecule has 0 saturated carbocycles. The highest BCUT2D eigenvalue weighted by atomic mass is 31.2. The number of benzene rings is 2. The molecular weight excluding hydrogens is 412 g/mol. The van der Waals surface area contributed by atoms with E-state index < -0.39 is 18.9 Å². The van der Waals surface area contributed by atoms with Crippen LogP contribution in [0.4, 0.5) is 30.6 Å². The number of hydrogen-bond donors (Lipinski definition) is 2.